The molecule has 0 N–H and O–H groups in total. The lowest BCUT2D eigenvalue weighted by Crippen LogP contribution is -2.15. The highest BCUT2D eigenvalue weighted by molar-refractivity contribution is 7.07. The van der Waals surface area contributed by atoms with Crippen LogP contribution >= 0.6 is 11.3 Å². The Morgan fingerprint density at radius 1 is 1.24 bits per heavy atom. The molecule has 17 heavy (non-hydrogen) atoms. The zero-order valence-corrected chi connectivity index (χ0v) is 11.6. The van der Waals surface area contributed by atoms with E-state index in [1.54, 1.807) is 11.3 Å². The third-order valence-corrected chi connectivity index (χ3v) is 3.51. The minimum absolute atomic E-state index is 0.450. The Balaban J connectivity index is 2.51. The zero-order chi connectivity index (χ0) is 12.4. The number of hydrogen-bond acceptors (Lipinski definition) is 2. The predicted molar refractivity (Wildman–Crippen MR) is 73.8 cm³/mol. The molecule has 0 atom stereocenters. The molecular weight excluding hydrogens is 228 g/mol. The minimum Gasteiger partial charge on any atom is -0.321 e. The smallest absolute Gasteiger partial charge is 0.190 e. The van der Waals surface area contributed by atoms with Gasteiger partial charge in [-0.05, 0) is 39.3 Å². The molecule has 0 aliphatic heterocycles. The number of benzene rings is 1. The molecule has 90 valence electrons. The summed E-state index contributed by atoms with van der Waals surface area (Å²) in [6.45, 7) is 8.57. The summed E-state index contributed by atoms with van der Waals surface area (Å²) in [5, 5.41) is 2.09. The molecule has 2 nitrogen and oxygen atoms in total. The second-order valence-corrected chi connectivity index (χ2v) is 5.46. The number of thiazole rings is 1. The van der Waals surface area contributed by atoms with Crippen molar-refractivity contribution in [3.63, 3.8) is 0 Å². The van der Waals surface area contributed by atoms with E-state index < -0.39 is 0 Å². The number of hydrogen-bond donors (Lipinski definition) is 0. The number of nitrogens with zero attached hydrogens (tertiary/aromatic N) is 2. The molecule has 0 amide bonds. The van der Waals surface area contributed by atoms with Gasteiger partial charge in [-0.2, -0.15) is 0 Å². The highest BCUT2D eigenvalue weighted by atomic mass is 32.1. The molecule has 0 aliphatic carbocycles. The average molecular weight is 246 g/mol. The molecule has 0 aliphatic rings. The van der Waals surface area contributed by atoms with Crippen molar-refractivity contribution in [3.8, 4) is 0 Å². The van der Waals surface area contributed by atoms with Gasteiger partial charge in [-0.25, -0.2) is 4.99 Å². The van der Waals surface area contributed by atoms with Gasteiger partial charge < -0.3 is 4.57 Å². The van der Waals surface area contributed by atoms with Crippen LogP contribution in [0.1, 0.15) is 31.0 Å². The molecule has 3 heteroatoms. The second-order valence-electron chi connectivity index (χ2n) is 4.59. The van der Waals surface area contributed by atoms with Gasteiger partial charge >= 0.3 is 0 Å². The molecule has 2 rings (SSSR count). The maximum Gasteiger partial charge on any atom is 0.190 e. The van der Waals surface area contributed by atoms with Crippen LogP contribution in [0.15, 0.2) is 34.8 Å². The fraction of sp³-hybridized carbons (Fsp3) is 0.357. The van der Waals surface area contributed by atoms with Crippen molar-refractivity contribution < 1.29 is 0 Å². The summed E-state index contributed by atoms with van der Waals surface area (Å²) in [5.41, 5.74) is 3.57. The van der Waals surface area contributed by atoms with Gasteiger partial charge in [0.05, 0.1) is 5.69 Å². The Morgan fingerprint density at radius 3 is 2.65 bits per heavy atom. The maximum absolute atomic E-state index is 4.74. The molecule has 0 saturated heterocycles. The Morgan fingerprint density at radius 2 is 2.00 bits per heavy atom. The van der Waals surface area contributed by atoms with Crippen molar-refractivity contribution >= 4 is 17.0 Å². The van der Waals surface area contributed by atoms with Crippen molar-refractivity contribution in [3.05, 3.63) is 45.7 Å². The average Bonchev–Trinajstić information content (AvgIpc) is 2.70. The first-order valence-electron chi connectivity index (χ1n) is 5.85. The molecule has 0 fully saturated rings. The van der Waals surface area contributed by atoms with Crippen molar-refractivity contribution in [1.82, 2.24) is 4.57 Å². The fourth-order valence-electron chi connectivity index (χ4n) is 1.79. The molecular formula is C14H18N2S. The van der Waals surface area contributed by atoms with E-state index in [2.05, 4.69) is 62.0 Å². The molecule has 2 aromatic rings. The summed E-state index contributed by atoms with van der Waals surface area (Å²) in [6.07, 6.45) is 2.09. The number of rotatable bonds is 2. The fourth-order valence-corrected chi connectivity index (χ4v) is 2.65. The van der Waals surface area contributed by atoms with Gasteiger partial charge in [-0.1, -0.05) is 17.7 Å². The Kier molecular flexibility index (Phi) is 3.48. The van der Waals surface area contributed by atoms with Crippen LogP contribution in [-0.4, -0.2) is 4.57 Å². The van der Waals surface area contributed by atoms with E-state index in [0.717, 1.165) is 10.5 Å². The van der Waals surface area contributed by atoms with Crippen LogP contribution in [-0.2, 0) is 0 Å². The standard InChI is InChI=1S/C14H18N2S/c1-10(2)16-7-8-17-14(16)15-13-6-5-11(3)9-12(13)4/h5-10H,1-4H3. The van der Waals surface area contributed by atoms with Crippen molar-refractivity contribution in [1.29, 1.82) is 0 Å². The topological polar surface area (TPSA) is 17.3 Å². The Hall–Kier alpha value is -1.35. The third kappa shape index (κ3) is 2.67. The summed E-state index contributed by atoms with van der Waals surface area (Å²) in [7, 11) is 0. The predicted octanol–water partition coefficient (Wildman–Crippen LogP) is 3.98. The molecule has 0 unspecified atom stereocenters. The number of aromatic nitrogens is 1. The maximum atomic E-state index is 4.74. The first-order chi connectivity index (χ1) is 8.08. The normalized spacial score (nSPS) is 12.4. The van der Waals surface area contributed by atoms with Gasteiger partial charge in [-0.15, -0.1) is 11.3 Å². The minimum atomic E-state index is 0.450. The van der Waals surface area contributed by atoms with Gasteiger partial charge in [0.1, 0.15) is 0 Å². The van der Waals surface area contributed by atoms with Gasteiger partial charge in [-0.3, -0.25) is 0 Å². The summed E-state index contributed by atoms with van der Waals surface area (Å²) in [6, 6.07) is 6.83. The molecule has 0 spiro atoms. The highest BCUT2D eigenvalue weighted by Gasteiger charge is 2.01. The Bertz CT molecular complexity index is 576. The van der Waals surface area contributed by atoms with Crippen LogP contribution in [0, 0.1) is 13.8 Å². The van der Waals surface area contributed by atoms with Crippen molar-refractivity contribution in [2.24, 2.45) is 4.99 Å². The van der Waals surface area contributed by atoms with Gasteiger partial charge in [0.25, 0.3) is 0 Å². The lowest BCUT2D eigenvalue weighted by atomic mass is 10.1. The van der Waals surface area contributed by atoms with E-state index in [1.165, 1.54) is 11.1 Å². The molecule has 1 aromatic heterocycles. The molecule has 1 aromatic carbocycles. The monoisotopic (exact) mass is 246 g/mol. The van der Waals surface area contributed by atoms with Gasteiger partial charge in [0.2, 0.25) is 0 Å². The van der Waals surface area contributed by atoms with Gasteiger partial charge in [0.15, 0.2) is 4.80 Å². The third-order valence-electron chi connectivity index (χ3n) is 2.74. The lowest BCUT2D eigenvalue weighted by Gasteiger charge is -2.06. The van der Waals surface area contributed by atoms with E-state index in [0.29, 0.717) is 6.04 Å². The van der Waals surface area contributed by atoms with E-state index in [9.17, 15) is 0 Å². The summed E-state index contributed by atoms with van der Waals surface area (Å²) in [4.78, 5) is 5.81. The molecule has 1 heterocycles. The largest absolute Gasteiger partial charge is 0.321 e. The second kappa shape index (κ2) is 4.88. The molecule has 0 radical (unpaired) electrons. The first-order valence-corrected chi connectivity index (χ1v) is 6.73. The van der Waals surface area contributed by atoms with Crippen LogP contribution in [0.4, 0.5) is 5.69 Å². The molecule has 0 saturated carbocycles. The van der Waals surface area contributed by atoms with Crippen LogP contribution in [0.2, 0.25) is 0 Å². The van der Waals surface area contributed by atoms with Gasteiger partial charge in [0, 0.05) is 17.6 Å². The number of aryl methyl sites for hydroxylation is 2. The Labute approximate surface area is 106 Å². The van der Waals surface area contributed by atoms with Crippen LogP contribution in [0.3, 0.4) is 0 Å². The highest BCUT2D eigenvalue weighted by Crippen LogP contribution is 2.19. The summed E-state index contributed by atoms with van der Waals surface area (Å²) < 4.78 is 2.20. The first kappa shape index (κ1) is 12.1. The molecule has 0 bridgehead atoms. The lowest BCUT2D eigenvalue weighted by molar-refractivity contribution is 0.585. The van der Waals surface area contributed by atoms with Crippen molar-refractivity contribution in [2.75, 3.05) is 0 Å². The van der Waals surface area contributed by atoms with Crippen LogP contribution in [0.25, 0.3) is 0 Å². The zero-order valence-electron chi connectivity index (χ0n) is 10.8. The van der Waals surface area contributed by atoms with Crippen LogP contribution in [0.5, 0.6) is 0 Å². The van der Waals surface area contributed by atoms with Crippen molar-refractivity contribution in [2.45, 2.75) is 33.7 Å². The van der Waals surface area contributed by atoms with E-state index >= 15 is 0 Å². The SMILES string of the molecule is Cc1ccc(N=c2sccn2C(C)C)c(C)c1. The van der Waals surface area contributed by atoms with Crippen LogP contribution < -0.4 is 4.80 Å². The van der Waals surface area contributed by atoms with E-state index in [-0.39, 0.29) is 0 Å². The quantitative estimate of drug-likeness (QED) is 0.762. The summed E-state index contributed by atoms with van der Waals surface area (Å²) >= 11 is 1.68. The van der Waals surface area contributed by atoms with E-state index in [1.807, 2.05) is 0 Å². The van der Waals surface area contributed by atoms with E-state index in [4.69, 9.17) is 4.99 Å². The summed E-state index contributed by atoms with van der Waals surface area (Å²) in [5.74, 6) is 0.